The predicted molar refractivity (Wildman–Crippen MR) is 85.0 cm³/mol. The van der Waals surface area contributed by atoms with Gasteiger partial charge in [0.25, 0.3) is 5.91 Å². The van der Waals surface area contributed by atoms with Crippen molar-refractivity contribution in [2.75, 3.05) is 11.9 Å². The summed E-state index contributed by atoms with van der Waals surface area (Å²) >= 11 is 0. The molecule has 110 valence electrons. The predicted octanol–water partition coefficient (Wildman–Crippen LogP) is 2.74. The Morgan fingerprint density at radius 1 is 1.48 bits per heavy atom. The number of hydrogen-bond donors (Lipinski definition) is 2. The quantitative estimate of drug-likeness (QED) is 0.822. The molecular formula is C16H20N4O. The number of carbonyl (C=O) groups excluding carboxylic acids is 1. The molecule has 0 aliphatic rings. The molecule has 5 nitrogen and oxygen atoms in total. The summed E-state index contributed by atoms with van der Waals surface area (Å²) in [5.41, 5.74) is 2.62. The van der Waals surface area contributed by atoms with Gasteiger partial charge in [0.15, 0.2) is 0 Å². The number of hydrogen-bond acceptors (Lipinski definition) is 3. The summed E-state index contributed by atoms with van der Waals surface area (Å²) in [6.45, 7) is 7.02. The molecule has 0 aliphatic carbocycles. The highest BCUT2D eigenvalue weighted by atomic mass is 16.1. The van der Waals surface area contributed by atoms with Crippen molar-refractivity contribution >= 4 is 17.8 Å². The van der Waals surface area contributed by atoms with E-state index in [0.717, 1.165) is 17.7 Å². The Labute approximate surface area is 124 Å². The van der Waals surface area contributed by atoms with Gasteiger partial charge in [0, 0.05) is 42.3 Å². The van der Waals surface area contributed by atoms with Gasteiger partial charge in [0.05, 0.1) is 6.20 Å². The molecule has 2 rings (SSSR count). The first kappa shape index (κ1) is 14.8. The van der Waals surface area contributed by atoms with Crippen LogP contribution >= 0.6 is 0 Å². The van der Waals surface area contributed by atoms with Crippen molar-refractivity contribution < 1.29 is 4.79 Å². The lowest BCUT2D eigenvalue weighted by molar-refractivity contribution is 0.0953. The van der Waals surface area contributed by atoms with E-state index in [1.165, 1.54) is 0 Å². The summed E-state index contributed by atoms with van der Waals surface area (Å²) in [4.78, 5) is 11.9. The lowest BCUT2D eigenvalue weighted by atomic mass is 10.2. The van der Waals surface area contributed by atoms with E-state index in [4.69, 9.17) is 0 Å². The number of carbonyl (C=O) groups is 1. The molecule has 5 heteroatoms. The third kappa shape index (κ3) is 4.21. The minimum Gasteiger partial charge on any atom is -0.381 e. The van der Waals surface area contributed by atoms with Crippen LogP contribution in [0.15, 0.2) is 43.2 Å². The van der Waals surface area contributed by atoms with Gasteiger partial charge in [0.1, 0.15) is 0 Å². The van der Waals surface area contributed by atoms with Gasteiger partial charge in [-0.05, 0) is 24.6 Å². The molecule has 0 bridgehead atoms. The van der Waals surface area contributed by atoms with Gasteiger partial charge < -0.3 is 10.6 Å². The zero-order chi connectivity index (χ0) is 15.1. The molecule has 1 heterocycles. The van der Waals surface area contributed by atoms with Gasteiger partial charge in [-0.2, -0.15) is 5.10 Å². The highest BCUT2D eigenvalue weighted by molar-refractivity contribution is 5.95. The van der Waals surface area contributed by atoms with E-state index in [2.05, 4.69) is 22.3 Å². The number of anilines is 1. The van der Waals surface area contributed by atoms with Crippen LogP contribution in [-0.2, 0) is 6.54 Å². The first-order chi connectivity index (χ1) is 10.2. The van der Waals surface area contributed by atoms with E-state index in [-0.39, 0.29) is 5.91 Å². The molecule has 0 unspecified atom stereocenters. The van der Waals surface area contributed by atoms with E-state index in [0.29, 0.717) is 18.7 Å². The molecule has 21 heavy (non-hydrogen) atoms. The fourth-order valence-electron chi connectivity index (χ4n) is 1.88. The lowest BCUT2D eigenvalue weighted by Crippen LogP contribution is -2.23. The number of benzene rings is 1. The maximum Gasteiger partial charge on any atom is 0.251 e. The van der Waals surface area contributed by atoms with Crippen molar-refractivity contribution in [2.24, 2.45) is 0 Å². The summed E-state index contributed by atoms with van der Waals surface area (Å²) in [6.07, 6.45) is 6.25. The van der Waals surface area contributed by atoms with Crippen molar-refractivity contribution in [3.05, 3.63) is 54.4 Å². The average Bonchev–Trinajstić information content (AvgIpc) is 2.99. The maximum atomic E-state index is 11.9. The SMILES string of the molecule is C=Cn1cc(CNc2cccc(C(=O)NCCC)c2)cn1. The van der Waals surface area contributed by atoms with Crippen molar-refractivity contribution in [1.82, 2.24) is 15.1 Å². The number of nitrogens with zero attached hydrogens (tertiary/aromatic N) is 2. The van der Waals surface area contributed by atoms with E-state index in [1.807, 2.05) is 37.4 Å². The third-order valence-electron chi connectivity index (χ3n) is 3.00. The second kappa shape index (κ2) is 7.28. The van der Waals surface area contributed by atoms with Crippen LogP contribution in [-0.4, -0.2) is 22.2 Å². The zero-order valence-corrected chi connectivity index (χ0v) is 12.2. The van der Waals surface area contributed by atoms with Crippen LogP contribution in [0.25, 0.3) is 6.20 Å². The van der Waals surface area contributed by atoms with Crippen molar-refractivity contribution in [3.8, 4) is 0 Å². The highest BCUT2D eigenvalue weighted by Gasteiger charge is 2.05. The summed E-state index contributed by atoms with van der Waals surface area (Å²) < 4.78 is 1.66. The molecule has 0 aliphatic heterocycles. The van der Waals surface area contributed by atoms with Gasteiger partial charge in [-0.1, -0.05) is 19.6 Å². The molecule has 0 spiro atoms. The van der Waals surface area contributed by atoms with Crippen LogP contribution < -0.4 is 10.6 Å². The van der Waals surface area contributed by atoms with E-state index in [1.54, 1.807) is 17.1 Å². The van der Waals surface area contributed by atoms with E-state index in [9.17, 15) is 4.79 Å². The summed E-state index contributed by atoms with van der Waals surface area (Å²) in [5.74, 6) is -0.0417. The molecule has 0 radical (unpaired) electrons. The van der Waals surface area contributed by atoms with Crippen LogP contribution in [0.2, 0.25) is 0 Å². The van der Waals surface area contributed by atoms with Crippen molar-refractivity contribution in [1.29, 1.82) is 0 Å². The zero-order valence-electron chi connectivity index (χ0n) is 12.2. The Morgan fingerprint density at radius 2 is 2.33 bits per heavy atom. The van der Waals surface area contributed by atoms with Gasteiger partial charge in [-0.25, -0.2) is 4.68 Å². The second-order valence-corrected chi connectivity index (χ2v) is 4.70. The Bertz CT molecular complexity index is 618. The summed E-state index contributed by atoms with van der Waals surface area (Å²) in [6, 6.07) is 7.47. The minimum absolute atomic E-state index is 0.0417. The van der Waals surface area contributed by atoms with Crippen LogP contribution in [0.1, 0.15) is 29.3 Å². The lowest BCUT2D eigenvalue weighted by Gasteiger charge is -2.08. The van der Waals surface area contributed by atoms with Gasteiger partial charge in [0.2, 0.25) is 0 Å². The Hall–Kier alpha value is -2.56. The van der Waals surface area contributed by atoms with Crippen molar-refractivity contribution in [3.63, 3.8) is 0 Å². The molecule has 2 aromatic rings. The van der Waals surface area contributed by atoms with Crippen LogP contribution in [0.4, 0.5) is 5.69 Å². The smallest absolute Gasteiger partial charge is 0.251 e. The molecule has 0 fully saturated rings. The molecule has 1 aromatic heterocycles. The van der Waals surface area contributed by atoms with Crippen LogP contribution in [0.5, 0.6) is 0 Å². The molecule has 1 aromatic carbocycles. The minimum atomic E-state index is -0.0417. The summed E-state index contributed by atoms with van der Waals surface area (Å²) in [7, 11) is 0. The fraction of sp³-hybridized carbons (Fsp3) is 0.250. The van der Waals surface area contributed by atoms with Crippen LogP contribution in [0.3, 0.4) is 0 Å². The van der Waals surface area contributed by atoms with Gasteiger partial charge >= 0.3 is 0 Å². The standard InChI is InChI=1S/C16H20N4O/c1-3-8-17-16(21)14-6-5-7-15(9-14)18-10-13-11-19-20(4-2)12-13/h4-7,9,11-12,18H,2-3,8,10H2,1H3,(H,17,21). The molecular weight excluding hydrogens is 264 g/mol. The Morgan fingerprint density at radius 3 is 3.05 bits per heavy atom. The van der Waals surface area contributed by atoms with E-state index >= 15 is 0 Å². The highest BCUT2D eigenvalue weighted by Crippen LogP contribution is 2.12. The molecule has 2 N–H and O–H groups in total. The third-order valence-corrected chi connectivity index (χ3v) is 3.00. The number of amides is 1. The largest absolute Gasteiger partial charge is 0.381 e. The summed E-state index contributed by atoms with van der Waals surface area (Å²) in [5, 5.41) is 10.3. The van der Waals surface area contributed by atoms with Crippen LogP contribution in [0, 0.1) is 0 Å². The fourth-order valence-corrected chi connectivity index (χ4v) is 1.88. The number of nitrogens with one attached hydrogen (secondary N) is 2. The second-order valence-electron chi connectivity index (χ2n) is 4.70. The van der Waals surface area contributed by atoms with Gasteiger partial charge in [-0.3, -0.25) is 4.79 Å². The molecule has 0 atom stereocenters. The van der Waals surface area contributed by atoms with E-state index < -0.39 is 0 Å². The Kier molecular flexibility index (Phi) is 5.15. The Balaban J connectivity index is 1.97. The average molecular weight is 284 g/mol. The normalized spacial score (nSPS) is 10.1. The monoisotopic (exact) mass is 284 g/mol. The maximum absolute atomic E-state index is 11.9. The van der Waals surface area contributed by atoms with Crippen molar-refractivity contribution in [2.45, 2.75) is 19.9 Å². The first-order valence-corrected chi connectivity index (χ1v) is 7.00. The number of rotatable bonds is 7. The topological polar surface area (TPSA) is 59.0 Å². The molecule has 0 saturated heterocycles. The molecule has 0 saturated carbocycles. The first-order valence-electron chi connectivity index (χ1n) is 7.00. The number of aromatic nitrogens is 2. The van der Waals surface area contributed by atoms with Gasteiger partial charge in [-0.15, -0.1) is 0 Å². The molecule has 1 amide bonds.